The number of benzene rings is 3. The van der Waals surface area contributed by atoms with Gasteiger partial charge in [0.1, 0.15) is 18.2 Å². The van der Waals surface area contributed by atoms with E-state index in [1.807, 2.05) is 12.1 Å². The molecule has 0 radical (unpaired) electrons. The summed E-state index contributed by atoms with van der Waals surface area (Å²) in [5.74, 6) is 0.968. The number of rotatable bonds is 11. The summed E-state index contributed by atoms with van der Waals surface area (Å²) in [6.45, 7) is 6.56. The van der Waals surface area contributed by atoms with Crippen LogP contribution in [0.15, 0.2) is 72.9 Å². The third-order valence-corrected chi connectivity index (χ3v) is 9.17. The minimum absolute atomic E-state index is 0.204. The SMILES string of the molecule is COc1cc(NC(=O)c2cccc(CF)c2)cc(N2Cc3cnc(Nc4ccc(N5CCOCC5)cc4)nc3N(CCN3CCOCC3)C2=O)c1. The lowest BCUT2D eigenvalue weighted by Crippen LogP contribution is -2.51. The first kappa shape index (κ1) is 34.2. The van der Waals surface area contributed by atoms with Crippen LogP contribution >= 0.6 is 0 Å². The highest BCUT2D eigenvalue weighted by atomic mass is 19.1. The van der Waals surface area contributed by atoms with Gasteiger partial charge in [-0.1, -0.05) is 12.1 Å². The zero-order chi connectivity index (χ0) is 35.2. The van der Waals surface area contributed by atoms with Gasteiger partial charge in [0.2, 0.25) is 5.95 Å². The number of ether oxygens (including phenoxy) is 3. The lowest BCUT2D eigenvalue weighted by molar-refractivity contribution is 0.0393. The Labute approximate surface area is 295 Å². The van der Waals surface area contributed by atoms with Crippen LogP contribution in [-0.4, -0.2) is 99.6 Å². The maximum absolute atomic E-state index is 14.4. The molecule has 2 fully saturated rings. The Morgan fingerprint density at radius 1 is 0.902 bits per heavy atom. The van der Waals surface area contributed by atoms with E-state index in [1.54, 1.807) is 52.4 Å². The molecular weight excluding hydrogens is 655 g/mol. The van der Waals surface area contributed by atoms with Gasteiger partial charge in [-0.25, -0.2) is 14.2 Å². The van der Waals surface area contributed by atoms with Crippen molar-refractivity contribution in [1.82, 2.24) is 14.9 Å². The predicted molar refractivity (Wildman–Crippen MR) is 193 cm³/mol. The van der Waals surface area contributed by atoms with Gasteiger partial charge >= 0.3 is 6.03 Å². The summed E-state index contributed by atoms with van der Waals surface area (Å²) in [6.07, 6.45) is 1.74. The van der Waals surface area contributed by atoms with Crippen molar-refractivity contribution in [1.29, 1.82) is 0 Å². The number of nitrogens with one attached hydrogen (secondary N) is 2. The molecule has 0 atom stereocenters. The first-order valence-electron chi connectivity index (χ1n) is 17.1. The molecule has 3 aliphatic heterocycles. The standard InChI is InChI=1S/C37H41FN8O5/c1-49-33-21-30(40-35(47)27-4-2-3-26(19-27)23-38)20-32(22-33)46-25-28-24-39-36(41-29-5-7-31(8-6-29)44-13-17-51-18-14-44)42-34(28)45(37(46)48)10-9-43-11-15-50-16-12-43/h2-8,19-22,24H,9-18,23,25H2,1H3,(H,40,47)(H,39,41,42). The number of urea groups is 1. The lowest BCUT2D eigenvalue weighted by Gasteiger charge is -2.37. The number of carbonyl (C=O) groups is 2. The molecule has 3 aliphatic rings. The van der Waals surface area contributed by atoms with Gasteiger partial charge < -0.3 is 29.7 Å². The van der Waals surface area contributed by atoms with Crippen LogP contribution in [0.2, 0.25) is 0 Å². The molecule has 2 N–H and O–H groups in total. The molecule has 7 rings (SSSR count). The van der Waals surface area contributed by atoms with E-state index in [1.165, 1.54) is 13.2 Å². The van der Waals surface area contributed by atoms with Crippen LogP contribution in [-0.2, 0) is 22.7 Å². The second-order valence-corrected chi connectivity index (χ2v) is 12.5. The number of anilines is 6. The molecule has 266 valence electrons. The van der Waals surface area contributed by atoms with E-state index in [0.717, 1.165) is 43.1 Å². The highest BCUT2D eigenvalue weighted by molar-refractivity contribution is 6.07. The Bertz CT molecular complexity index is 1850. The zero-order valence-electron chi connectivity index (χ0n) is 28.5. The van der Waals surface area contributed by atoms with E-state index in [-0.39, 0.29) is 12.6 Å². The topological polar surface area (TPSA) is 125 Å². The summed E-state index contributed by atoms with van der Waals surface area (Å²) in [6, 6.07) is 19.4. The molecule has 0 aliphatic carbocycles. The van der Waals surface area contributed by atoms with E-state index >= 15 is 0 Å². The summed E-state index contributed by atoms with van der Waals surface area (Å²) in [5, 5.41) is 6.18. The van der Waals surface area contributed by atoms with Crippen LogP contribution in [0.25, 0.3) is 0 Å². The number of morpholine rings is 2. The predicted octanol–water partition coefficient (Wildman–Crippen LogP) is 5.07. The minimum atomic E-state index is -0.672. The molecule has 3 aromatic carbocycles. The summed E-state index contributed by atoms with van der Waals surface area (Å²) in [7, 11) is 1.52. The molecule has 14 heteroatoms. The fourth-order valence-corrected chi connectivity index (χ4v) is 6.38. The Morgan fingerprint density at radius 3 is 2.41 bits per heavy atom. The number of alkyl halides is 1. The Balaban J connectivity index is 1.15. The van der Waals surface area contributed by atoms with Crippen molar-refractivity contribution in [2.24, 2.45) is 0 Å². The highest BCUT2D eigenvalue weighted by Gasteiger charge is 2.34. The Kier molecular flexibility index (Phi) is 10.5. The molecule has 2 saturated heterocycles. The average Bonchev–Trinajstić information content (AvgIpc) is 3.18. The number of halogens is 1. The molecule has 0 saturated carbocycles. The number of fused-ring (bicyclic) bond motifs is 1. The van der Waals surface area contributed by atoms with Crippen molar-refractivity contribution in [3.05, 3.63) is 89.6 Å². The third-order valence-electron chi connectivity index (χ3n) is 9.17. The number of hydrogen-bond donors (Lipinski definition) is 2. The maximum Gasteiger partial charge on any atom is 0.330 e. The molecule has 1 aromatic heterocycles. The van der Waals surface area contributed by atoms with Crippen LogP contribution < -0.4 is 30.1 Å². The molecule has 4 aromatic rings. The maximum atomic E-state index is 14.4. The van der Waals surface area contributed by atoms with Crippen molar-refractivity contribution < 1.29 is 28.2 Å². The van der Waals surface area contributed by atoms with Crippen LogP contribution in [0.3, 0.4) is 0 Å². The second-order valence-electron chi connectivity index (χ2n) is 12.5. The van der Waals surface area contributed by atoms with Gasteiger partial charge in [0.05, 0.1) is 45.8 Å². The lowest BCUT2D eigenvalue weighted by atomic mass is 10.1. The van der Waals surface area contributed by atoms with Crippen LogP contribution in [0.5, 0.6) is 5.75 Å². The molecule has 4 heterocycles. The van der Waals surface area contributed by atoms with Gasteiger partial charge in [-0.2, -0.15) is 4.98 Å². The van der Waals surface area contributed by atoms with Gasteiger partial charge in [-0.3, -0.25) is 19.5 Å². The van der Waals surface area contributed by atoms with Crippen LogP contribution in [0.4, 0.5) is 43.7 Å². The van der Waals surface area contributed by atoms with Crippen molar-refractivity contribution in [3.8, 4) is 5.75 Å². The van der Waals surface area contributed by atoms with E-state index in [4.69, 9.17) is 19.2 Å². The number of nitrogens with zero attached hydrogens (tertiary/aromatic N) is 6. The van der Waals surface area contributed by atoms with E-state index in [2.05, 4.69) is 37.6 Å². The largest absolute Gasteiger partial charge is 0.497 e. The zero-order valence-corrected chi connectivity index (χ0v) is 28.5. The van der Waals surface area contributed by atoms with Crippen LogP contribution in [0.1, 0.15) is 21.5 Å². The first-order valence-corrected chi connectivity index (χ1v) is 17.1. The van der Waals surface area contributed by atoms with Gasteiger partial charge in [-0.15, -0.1) is 0 Å². The quantitative estimate of drug-likeness (QED) is 0.220. The summed E-state index contributed by atoms with van der Waals surface area (Å²) >= 11 is 0. The van der Waals surface area contributed by atoms with Gasteiger partial charge in [0.15, 0.2) is 0 Å². The Hall–Kier alpha value is -5.31. The van der Waals surface area contributed by atoms with E-state index in [9.17, 15) is 14.0 Å². The first-order chi connectivity index (χ1) is 25.0. The molecule has 0 bridgehead atoms. The monoisotopic (exact) mass is 696 g/mol. The number of aromatic nitrogens is 2. The minimum Gasteiger partial charge on any atom is -0.497 e. The molecule has 13 nitrogen and oxygen atoms in total. The average molecular weight is 697 g/mol. The van der Waals surface area contributed by atoms with Gasteiger partial charge in [0, 0.05) is 85.8 Å². The fourth-order valence-electron chi connectivity index (χ4n) is 6.38. The second kappa shape index (κ2) is 15.7. The van der Waals surface area contributed by atoms with Crippen molar-refractivity contribution in [3.63, 3.8) is 0 Å². The number of amides is 3. The molecule has 0 spiro atoms. The molecule has 51 heavy (non-hydrogen) atoms. The van der Waals surface area contributed by atoms with Crippen molar-refractivity contribution in [2.45, 2.75) is 13.2 Å². The smallest absolute Gasteiger partial charge is 0.330 e. The van der Waals surface area contributed by atoms with Crippen molar-refractivity contribution in [2.75, 3.05) is 98.1 Å². The Morgan fingerprint density at radius 2 is 1.67 bits per heavy atom. The molecular formula is C37H41FN8O5. The molecule has 3 amide bonds. The van der Waals surface area contributed by atoms with Crippen LogP contribution in [0, 0.1) is 0 Å². The van der Waals surface area contributed by atoms with Gasteiger partial charge in [-0.05, 0) is 48.0 Å². The van der Waals surface area contributed by atoms with E-state index < -0.39 is 12.6 Å². The van der Waals surface area contributed by atoms with Gasteiger partial charge in [0.25, 0.3) is 5.91 Å². The third kappa shape index (κ3) is 8.03. The number of hydrogen-bond acceptors (Lipinski definition) is 10. The molecule has 0 unspecified atom stereocenters. The van der Waals surface area contributed by atoms with E-state index in [0.29, 0.717) is 79.5 Å². The fraction of sp³-hybridized carbons (Fsp3) is 0.351. The summed E-state index contributed by atoms with van der Waals surface area (Å²) in [5.41, 5.74) is 4.40. The normalized spacial score (nSPS) is 16.5. The summed E-state index contributed by atoms with van der Waals surface area (Å²) < 4.78 is 29.8. The number of carbonyl (C=O) groups excluding carboxylic acids is 2. The summed E-state index contributed by atoms with van der Waals surface area (Å²) in [4.78, 5) is 44.9. The van der Waals surface area contributed by atoms with Crippen molar-refractivity contribution >= 4 is 46.5 Å². The highest BCUT2D eigenvalue weighted by Crippen LogP contribution is 2.35. The number of methoxy groups -OCH3 is 1.